The molecule has 0 amide bonds. The van der Waals surface area contributed by atoms with Crippen LogP contribution in [0.2, 0.25) is 0 Å². The fourth-order valence-corrected chi connectivity index (χ4v) is 2.63. The van der Waals surface area contributed by atoms with Crippen LogP contribution in [0.3, 0.4) is 0 Å². The molecule has 0 saturated heterocycles. The van der Waals surface area contributed by atoms with E-state index in [9.17, 15) is 0 Å². The van der Waals surface area contributed by atoms with Crippen LogP contribution in [0.25, 0.3) is 0 Å². The number of halogens is 1. The maximum Gasteiger partial charge on any atom is 0.133 e. The molecule has 16 heavy (non-hydrogen) atoms. The molecule has 0 aliphatic rings. The van der Waals surface area contributed by atoms with Gasteiger partial charge in [-0.1, -0.05) is 6.07 Å². The minimum absolute atomic E-state index is 0.179. The number of nitrogens with two attached hydrogens (primary N) is 1. The van der Waals surface area contributed by atoms with Crippen LogP contribution < -0.4 is 10.5 Å². The van der Waals surface area contributed by atoms with Gasteiger partial charge in [-0.3, -0.25) is 0 Å². The summed E-state index contributed by atoms with van der Waals surface area (Å²) in [7, 11) is 1.64. The van der Waals surface area contributed by atoms with Gasteiger partial charge in [0.05, 0.1) is 17.6 Å². The molecule has 1 unspecified atom stereocenters. The average Bonchev–Trinajstić information content (AvgIpc) is 2.81. The highest BCUT2D eigenvalue weighted by Crippen LogP contribution is 2.29. The van der Waals surface area contributed by atoms with E-state index in [0.717, 1.165) is 20.8 Å². The first-order valence-corrected chi connectivity index (χ1v) is 6.38. The van der Waals surface area contributed by atoms with Gasteiger partial charge in [0, 0.05) is 11.6 Å². The van der Waals surface area contributed by atoms with E-state index in [4.69, 9.17) is 10.5 Å². The molecule has 3 nitrogen and oxygen atoms in total. The van der Waals surface area contributed by atoms with Crippen LogP contribution in [-0.2, 0) is 0 Å². The summed E-state index contributed by atoms with van der Waals surface area (Å²) in [6.07, 6.45) is 1.76. The second-order valence-electron chi connectivity index (χ2n) is 3.24. The van der Waals surface area contributed by atoms with E-state index in [2.05, 4.69) is 20.9 Å². The zero-order chi connectivity index (χ0) is 11.5. The van der Waals surface area contributed by atoms with Crippen molar-refractivity contribution in [3.05, 3.63) is 44.8 Å². The lowest BCUT2D eigenvalue weighted by Crippen LogP contribution is -2.11. The normalized spacial score (nSPS) is 12.4. The highest BCUT2D eigenvalue weighted by atomic mass is 79.9. The SMILES string of the molecule is COc1ccc(C(N)c2nccs2)cc1Br. The van der Waals surface area contributed by atoms with Crippen LogP contribution in [0.1, 0.15) is 16.6 Å². The topological polar surface area (TPSA) is 48.1 Å². The molecule has 2 aromatic rings. The summed E-state index contributed by atoms with van der Waals surface area (Å²) in [6.45, 7) is 0. The average molecular weight is 299 g/mol. The molecule has 1 aromatic carbocycles. The highest BCUT2D eigenvalue weighted by molar-refractivity contribution is 9.10. The Labute approximate surface area is 106 Å². The predicted molar refractivity (Wildman–Crippen MR) is 68.8 cm³/mol. The van der Waals surface area contributed by atoms with E-state index in [1.54, 1.807) is 24.6 Å². The van der Waals surface area contributed by atoms with Crippen molar-refractivity contribution in [1.82, 2.24) is 4.98 Å². The summed E-state index contributed by atoms with van der Waals surface area (Å²) in [5.41, 5.74) is 7.12. The third kappa shape index (κ3) is 2.26. The lowest BCUT2D eigenvalue weighted by Gasteiger charge is -2.11. The number of benzene rings is 1. The van der Waals surface area contributed by atoms with Crippen LogP contribution in [0.4, 0.5) is 0 Å². The summed E-state index contributed by atoms with van der Waals surface area (Å²) >= 11 is 5.00. The Morgan fingerprint density at radius 2 is 2.31 bits per heavy atom. The Bertz CT molecular complexity index is 473. The number of methoxy groups -OCH3 is 1. The fraction of sp³-hybridized carbons (Fsp3) is 0.182. The van der Waals surface area contributed by atoms with Crippen molar-refractivity contribution in [2.45, 2.75) is 6.04 Å². The van der Waals surface area contributed by atoms with Crippen molar-refractivity contribution in [3.8, 4) is 5.75 Å². The maximum atomic E-state index is 6.11. The van der Waals surface area contributed by atoms with Gasteiger partial charge in [-0.25, -0.2) is 4.98 Å². The molecule has 0 radical (unpaired) electrons. The summed E-state index contributed by atoms with van der Waals surface area (Å²) < 4.78 is 6.07. The largest absolute Gasteiger partial charge is 0.496 e. The minimum Gasteiger partial charge on any atom is -0.496 e. The Morgan fingerprint density at radius 1 is 1.50 bits per heavy atom. The molecule has 0 aliphatic carbocycles. The zero-order valence-corrected chi connectivity index (χ0v) is 11.1. The molecule has 1 heterocycles. The first kappa shape index (κ1) is 11.6. The van der Waals surface area contributed by atoms with Crippen LogP contribution in [0, 0.1) is 0 Å². The number of thiazole rings is 1. The predicted octanol–water partition coefficient (Wildman–Crippen LogP) is 2.96. The lowest BCUT2D eigenvalue weighted by molar-refractivity contribution is 0.412. The Hall–Kier alpha value is -0.910. The van der Waals surface area contributed by atoms with Crippen molar-refractivity contribution in [2.24, 2.45) is 5.73 Å². The van der Waals surface area contributed by atoms with Crippen LogP contribution in [-0.4, -0.2) is 12.1 Å². The Morgan fingerprint density at radius 3 is 2.88 bits per heavy atom. The van der Waals surface area contributed by atoms with E-state index in [1.165, 1.54) is 0 Å². The zero-order valence-electron chi connectivity index (χ0n) is 8.68. The molecular weight excluding hydrogens is 288 g/mol. The molecule has 2 N–H and O–H groups in total. The lowest BCUT2D eigenvalue weighted by atomic mass is 10.1. The number of aromatic nitrogens is 1. The second kappa shape index (κ2) is 4.95. The number of rotatable bonds is 3. The van der Waals surface area contributed by atoms with E-state index in [1.807, 2.05) is 23.6 Å². The van der Waals surface area contributed by atoms with Crippen molar-refractivity contribution in [2.75, 3.05) is 7.11 Å². The van der Waals surface area contributed by atoms with Crippen molar-refractivity contribution < 1.29 is 4.74 Å². The van der Waals surface area contributed by atoms with Gasteiger partial charge in [-0.15, -0.1) is 11.3 Å². The summed E-state index contributed by atoms with van der Waals surface area (Å²) in [6, 6.07) is 5.63. The quantitative estimate of drug-likeness (QED) is 0.948. The van der Waals surface area contributed by atoms with Crippen molar-refractivity contribution in [1.29, 1.82) is 0 Å². The first-order valence-electron chi connectivity index (χ1n) is 4.71. The minimum atomic E-state index is -0.179. The second-order valence-corrected chi connectivity index (χ2v) is 5.02. The number of hydrogen-bond donors (Lipinski definition) is 1. The molecule has 1 aromatic heterocycles. The van der Waals surface area contributed by atoms with Gasteiger partial charge in [0.25, 0.3) is 0 Å². The van der Waals surface area contributed by atoms with Crippen molar-refractivity contribution >= 4 is 27.3 Å². The van der Waals surface area contributed by atoms with E-state index < -0.39 is 0 Å². The number of ether oxygens (including phenoxy) is 1. The molecule has 2 rings (SSSR count). The standard InChI is InChI=1S/C11H11BrN2OS/c1-15-9-3-2-7(6-8(9)12)10(13)11-14-4-5-16-11/h2-6,10H,13H2,1H3. The molecular formula is C11H11BrN2OS. The fourth-order valence-electron chi connectivity index (χ4n) is 1.41. The van der Waals surface area contributed by atoms with Gasteiger partial charge in [0.15, 0.2) is 0 Å². The van der Waals surface area contributed by atoms with Gasteiger partial charge in [0.2, 0.25) is 0 Å². The van der Waals surface area contributed by atoms with Crippen LogP contribution in [0.15, 0.2) is 34.2 Å². The number of hydrogen-bond acceptors (Lipinski definition) is 4. The van der Waals surface area contributed by atoms with Gasteiger partial charge in [-0.2, -0.15) is 0 Å². The third-order valence-electron chi connectivity index (χ3n) is 2.25. The Balaban J connectivity index is 2.31. The summed E-state index contributed by atoms with van der Waals surface area (Å²) in [5, 5.41) is 2.84. The van der Waals surface area contributed by atoms with E-state index in [0.29, 0.717) is 0 Å². The van der Waals surface area contributed by atoms with Crippen LogP contribution in [0.5, 0.6) is 5.75 Å². The molecule has 0 saturated carbocycles. The third-order valence-corrected chi connectivity index (χ3v) is 3.73. The van der Waals surface area contributed by atoms with Gasteiger partial charge in [-0.05, 0) is 33.6 Å². The Kier molecular flexibility index (Phi) is 3.58. The smallest absolute Gasteiger partial charge is 0.133 e. The van der Waals surface area contributed by atoms with Crippen molar-refractivity contribution in [3.63, 3.8) is 0 Å². The van der Waals surface area contributed by atoms with Gasteiger partial charge >= 0.3 is 0 Å². The first-order chi connectivity index (χ1) is 7.72. The molecule has 1 atom stereocenters. The number of nitrogens with zero attached hydrogens (tertiary/aromatic N) is 1. The molecule has 0 fully saturated rings. The monoisotopic (exact) mass is 298 g/mol. The molecule has 0 bridgehead atoms. The molecule has 84 valence electrons. The van der Waals surface area contributed by atoms with Gasteiger partial charge < -0.3 is 10.5 Å². The van der Waals surface area contributed by atoms with E-state index in [-0.39, 0.29) is 6.04 Å². The van der Waals surface area contributed by atoms with Crippen LogP contribution >= 0.6 is 27.3 Å². The highest BCUT2D eigenvalue weighted by Gasteiger charge is 2.12. The van der Waals surface area contributed by atoms with Gasteiger partial charge in [0.1, 0.15) is 10.8 Å². The van der Waals surface area contributed by atoms with E-state index >= 15 is 0 Å². The maximum absolute atomic E-state index is 6.11. The summed E-state index contributed by atoms with van der Waals surface area (Å²) in [4.78, 5) is 4.21. The summed E-state index contributed by atoms with van der Waals surface area (Å²) in [5.74, 6) is 0.801. The molecule has 0 spiro atoms. The molecule has 5 heteroatoms. The molecule has 0 aliphatic heterocycles.